The highest BCUT2D eigenvalue weighted by Crippen LogP contribution is 2.34. The molecule has 0 fully saturated rings. The number of hydrogen-bond donors (Lipinski definition) is 1. The van der Waals surface area contributed by atoms with Gasteiger partial charge in [-0.3, -0.25) is 4.79 Å². The van der Waals surface area contributed by atoms with Gasteiger partial charge in [-0.2, -0.15) is 5.10 Å². The average Bonchev–Trinajstić information content (AvgIpc) is 2.67. The smallest absolute Gasteiger partial charge is 0.280 e. The molecule has 2 aromatic rings. The van der Waals surface area contributed by atoms with E-state index < -0.39 is 6.10 Å². The number of para-hydroxylation sites is 2. The summed E-state index contributed by atoms with van der Waals surface area (Å²) in [6, 6.07) is 12.5. The molecular formula is C19H19ClN2O4. The van der Waals surface area contributed by atoms with Crippen LogP contribution in [0.5, 0.6) is 17.2 Å². The molecule has 1 atom stereocenters. The van der Waals surface area contributed by atoms with Gasteiger partial charge in [0.25, 0.3) is 5.91 Å². The molecule has 1 heterocycles. The molecule has 0 aliphatic carbocycles. The van der Waals surface area contributed by atoms with Gasteiger partial charge in [0, 0.05) is 12.0 Å². The van der Waals surface area contributed by atoms with E-state index in [2.05, 4.69) is 10.5 Å². The lowest BCUT2D eigenvalue weighted by Gasteiger charge is -2.21. The van der Waals surface area contributed by atoms with Crippen molar-refractivity contribution in [2.24, 2.45) is 5.10 Å². The molecule has 0 bridgehead atoms. The largest absolute Gasteiger partial charge is 0.493 e. The van der Waals surface area contributed by atoms with Gasteiger partial charge in [0.2, 0.25) is 0 Å². The van der Waals surface area contributed by atoms with Gasteiger partial charge in [0.05, 0.1) is 24.5 Å². The summed E-state index contributed by atoms with van der Waals surface area (Å²) in [5, 5.41) is 4.70. The predicted octanol–water partition coefficient (Wildman–Crippen LogP) is 3.42. The maximum absolute atomic E-state index is 12.3. The molecule has 1 N–H and O–H groups in total. The number of carbonyl (C=O) groups excluding carboxylic acids is 1. The summed E-state index contributed by atoms with van der Waals surface area (Å²) in [5.74, 6) is 1.35. The Hall–Kier alpha value is -2.73. The maximum atomic E-state index is 12.3. The van der Waals surface area contributed by atoms with Crippen molar-refractivity contribution < 1.29 is 19.0 Å². The summed E-state index contributed by atoms with van der Waals surface area (Å²) < 4.78 is 16.6. The molecule has 0 aromatic heterocycles. The normalized spacial score (nSPS) is 15.6. The van der Waals surface area contributed by atoms with Gasteiger partial charge in [0.1, 0.15) is 5.75 Å². The van der Waals surface area contributed by atoms with Gasteiger partial charge < -0.3 is 14.2 Å². The molecule has 0 radical (unpaired) electrons. The second kappa shape index (κ2) is 8.10. The van der Waals surface area contributed by atoms with E-state index in [1.165, 1.54) is 0 Å². The van der Waals surface area contributed by atoms with Crippen LogP contribution >= 0.6 is 11.6 Å². The lowest BCUT2D eigenvalue weighted by molar-refractivity contribution is -0.127. The Kier molecular flexibility index (Phi) is 5.63. The van der Waals surface area contributed by atoms with Crippen LogP contribution in [-0.4, -0.2) is 31.4 Å². The number of nitrogens with zero attached hydrogens (tertiary/aromatic N) is 1. The Morgan fingerprint density at radius 1 is 1.23 bits per heavy atom. The van der Waals surface area contributed by atoms with Crippen LogP contribution in [0.2, 0.25) is 5.02 Å². The number of halogens is 1. The number of hydrazone groups is 1. The summed E-state index contributed by atoms with van der Waals surface area (Å²) >= 11 is 6.05. The SMILES string of the molecule is COc1cccc2c1OCC/C2=N/NC(=O)[C@H](C)Oc1ccccc1Cl. The van der Waals surface area contributed by atoms with Crippen molar-refractivity contribution in [3.8, 4) is 17.2 Å². The van der Waals surface area contributed by atoms with Crippen molar-refractivity contribution in [1.82, 2.24) is 5.43 Å². The number of amides is 1. The molecule has 26 heavy (non-hydrogen) atoms. The topological polar surface area (TPSA) is 69.2 Å². The summed E-state index contributed by atoms with van der Waals surface area (Å²) in [4.78, 5) is 12.3. The molecular weight excluding hydrogens is 356 g/mol. The number of ether oxygens (including phenoxy) is 3. The zero-order valence-electron chi connectivity index (χ0n) is 14.5. The number of benzene rings is 2. The molecule has 1 aliphatic rings. The number of hydrogen-bond acceptors (Lipinski definition) is 5. The van der Waals surface area contributed by atoms with Crippen LogP contribution in [0, 0.1) is 0 Å². The van der Waals surface area contributed by atoms with E-state index in [0.29, 0.717) is 35.3 Å². The minimum absolute atomic E-state index is 0.367. The molecule has 136 valence electrons. The van der Waals surface area contributed by atoms with E-state index in [9.17, 15) is 4.79 Å². The molecule has 7 heteroatoms. The van der Waals surface area contributed by atoms with E-state index in [-0.39, 0.29) is 5.91 Å². The lowest BCUT2D eigenvalue weighted by atomic mass is 10.0. The molecule has 0 unspecified atom stereocenters. The first-order valence-corrected chi connectivity index (χ1v) is 8.55. The van der Waals surface area contributed by atoms with E-state index in [1.54, 1.807) is 38.3 Å². The van der Waals surface area contributed by atoms with Gasteiger partial charge in [-0.15, -0.1) is 0 Å². The number of nitrogens with one attached hydrogen (secondary N) is 1. The highest BCUT2D eigenvalue weighted by atomic mass is 35.5. The van der Waals surface area contributed by atoms with Crippen molar-refractivity contribution in [3.05, 3.63) is 53.1 Å². The van der Waals surface area contributed by atoms with Crippen molar-refractivity contribution in [2.45, 2.75) is 19.4 Å². The number of fused-ring (bicyclic) bond motifs is 1. The first kappa shape index (κ1) is 18.1. The van der Waals surface area contributed by atoms with Crippen LogP contribution in [0.4, 0.5) is 0 Å². The highest BCUT2D eigenvalue weighted by Gasteiger charge is 2.22. The third-order valence-corrected chi connectivity index (χ3v) is 4.22. The molecule has 2 aromatic carbocycles. The van der Waals surface area contributed by atoms with Gasteiger partial charge in [0.15, 0.2) is 17.6 Å². The summed E-state index contributed by atoms with van der Waals surface area (Å²) in [7, 11) is 1.58. The van der Waals surface area contributed by atoms with Crippen LogP contribution in [0.25, 0.3) is 0 Å². The van der Waals surface area contributed by atoms with Gasteiger partial charge >= 0.3 is 0 Å². The molecule has 0 saturated carbocycles. The number of carbonyl (C=O) groups is 1. The minimum atomic E-state index is -0.746. The zero-order valence-corrected chi connectivity index (χ0v) is 15.2. The van der Waals surface area contributed by atoms with Gasteiger partial charge in [-0.25, -0.2) is 5.43 Å². The maximum Gasteiger partial charge on any atom is 0.280 e. The minimum Gasteiger partial charge on any atom is -0.493 e. The summed E-state index contributed by atoms with van der Waals surface area (Å²) in [6.45, 7) is 2.10. The first-order chi connectivity index (χ1) is 12.6. The fourth-order valence-electron chi connectivity index (χ4n) is 2.55. The molecule has 1 aliphatic heterocycles. The second-order valence-electron chi connectivity index (χ2n) is 5.66. The quantitative estimate of drug-likeness (QED) is 0.814. The molecule has 0 saturated heterocycles. The van der Waals surface area contributed by atoms with Crippen LogP contribution < -0.4 is 19.6 Å². The summed E-state index contributed by atoms with van der Waals surface area (Å²) in [5.41, 5.74) is 4.08. The predicted molar refractivity (Wildman–Crippen MR) is 99.3 cm³/mol. The average molecular weight is 375 g/mol. The number of methoxy groups -OCH3 is 1. The van der Waals surface area contributed by atoms with Crippen molar-refractivity contribution in [1.29, 1.82) is 0 Å². The van der Waals surface area contributed by atoms with Crippen LogP contribution in [-0.2, 0) is 4.79 Å². The van der Waals surface area contributed by atoms with Crippen LogP contribution in [0.15, 0.2) is 47.6 Å². The van der Waals surface area contributed by atoms with Crippen molar-refractivity contribution in [3.63, 3.8) is 0 Å². The van der Waals surface area contributed by atoms with Crippen LogP contribution in [0.1, 0.15) is 18.9 Å². The fraction of sp³-hybridized carbons (Fsp3) is 0.263. The Bertz CT molecular complexity index is 838. The second-order valence-corrected chi connectivity index (χ2v) is 6.07. The highest BCUT2D eigenvalue weighted by molar-refractivity contribution is 6.32. The first-order valence-electron chi connectivity index (χ1n) is 8.18. The van der Waals surface area contributed by atoms with Crippen molar-refractivity contribution in [2.75, 3.05) is 13.7 Å². The molecule has 3 rings (SSSR count). The fourth-order valence-corrected chi connectivity index (χ4v) is 2.73. The third-order valence-electron chi connectivity index (χ3n) is 3.91. The Balaban J connectivity index is 1.70. The van der Waals surface area contributed by atoms with Gasteiger partial charge in [-0.05, 0) is 31.2 Å². The van der Waals surface area contributed by atoms with Gasteiger partial charge in [-0.1, -0.05) is 29.8 Å². The lowest BCUT2D eigenvalue weighted by Crippen LogP contribution is -2.34. The number of rotatable bonds is 5. The van der Waals surface area contributed by atoms with Crippen LogP contribution in [0.3, 0.4) is 0 Å². The summed E-state index contributed by atoms with van der Waals surface area (Å²) in [6.07, 6.45) is -0.163. The Labute approximate surface area is 156 Å². The molecule has 6 nitrogen and oxygen atoms in total. The van der Waals surface area contributed by atoms with E-state index in [4.69, 9.17) is 25.8 Å². The monoisotopic (exact) mass is 374 g/mol. The van der Waals surface area contributed by atoms with E-state index in [0.717, 1.165) is 11.3 Å². The standard InChI is InChI=1S/C19H19ClN2O4/c1-12(26-16-8-4-3-7-14(16)20)19(23)22-21-15-10-11-25-18-13(15)6-5-9-17(18)24-2/h3-9,12H,10-11H2,1-2H3,(H,22,23)/b21-15-/t12-/m0/s1. The Morgan fingerprint density at radius 2 is 2.00 bits per heavy atom. The zero-order chi connectivity index (χ0) is 18.5. The van der Waals surface area contributed by atoms with E-state index >= 15 is 0 Å². The molecule has 0 spiro atoms. The van der Waals surface area contributed by atoms with E-state index in [1.807, 2.05) is 18.2 Å². The molecule has 1 amide bonds. The van der Waals surface area contributed by atoms with Crippen molar-refractivity contribution >= 4 is 23.2 Å². The third kappa shape index (κ3) is 3.91. The Morgan fingerprint density at radius 3 is 2.77 bits per heavy atom.